The summed E-state index contributed by atoms with van der Waals surface area (Å²) in [5, 5.41) is 9.45. The molecule has 2 aromatic rings. The van der Waals surface area contributed by atoms with Gasteiger partial charge in [0.15, 0.2) is 18.1 Å². The Labute approximate surface area is 186 Å². The number of esters is 1. The lowest BCUT2D eigenvalue weighted by atomic mass is 10.1. The predicted octanol–water partition coefficient (Wildman–Crippen LogP) is 2.75. The molecule has 1 heterocycles. The molecule has 0 spiro atoms. The molecule has 0 aliphatic carbocycles. The van der Waals surface area contributed by atoms with Crippen LogP contribution in [0.2, 0.25) is 0 Å². The van der Waals surface area contributed by atoms with Gasteiger partial charge in [0.2, 0.25) is 0 Å². The molecule has 1 fully saturated rings. The Balaban J connectivity index is 1.67. The quantitative estimate of drug-likeness (QED) is 0.285. The average molecular weight is 436 g/mol. The first-order chi connectivity index (χ1) is 15.5. The molecule has 0 unspecified atom stereocenters. The summed E-state index contributed by atoms with van der Waals surface area (Å²) in [6.07, 6.45) is 1.48. The lowest BCUT2D eigenvalue weighted by Gasteiger charge is -2.26. The number of amides is 1. The second-order valence-corrected chi connectivity index (χ2v) is 7.06. The second kappa shape index (κ2) is 11.0. The van der Waals surface area contributed by atoms with E-state index in [1.165, 1.54) is 13.2 Å². The normalized spacial score (nSPS) is 13.8. The molecular weight excluding hydrogens is 412 g/mol. The summed E-state index contributed by atoms with van der Waals surface area (Å²) >= 11 is 0. The minimum Gasteiger partial charge on any atom is -0.493 e. The Bertz CT molecular complexity index is 1030. The highest BCUT2D eigenvalue weighted by Crippen LogP contribution is 2.29. The van der Waals surface area contributed by atoms with E-state index in [4.69, 9.17) is 18.9 Å². The van der Waals surface area contributed by atoms with Gasteiger partial charge >= 0.3 is 5.97 Å². The molecule has 1 aliphatic rings. The molecule has 3 rings (SSSR count). The van der Waals surface area contributed by atoms with Gasteiger partial charge in [0.05, 0.1) is 20.3 Å². The maximum Gasteiger partial charge on any atom is 0.349 e. The Morgan fingerprint density at radius 2 is 1.84 bits per heavy atom. The summed E-state index contributed by atoms with van der Waals surface area (Å²) in [6, 6.07) is 14.0. The van der Waals surface area contributed by atoms with Gasteiger partial charge in [0.1, 0.15) is 17.4 Å². The molecule has 0 aromatic heterocycles. The molecule has 1 amide bonds. The van der Waals surface area contributed by atoms with E-state index in [0.29, 0.717) is 43.4 Å². The van der Waals surface area contributed by atoms with E-state index in [9.17, 15) is 14.9 Å². The van der Waals surface area contributed by atoms with Crippen molar-refractivity contribution >= 4 is 18.0 Å². The number of hydrogen-bond donors (Lipinski definition) is 0. The third-order valence-corrected chi connectivity index (χ3v) is 4.75. The average Bonchev–Trinajstić information content (AvgIpc) is 2.83. The van der Waals surface area contributed by atoms with Gasteiger partial charge in [-0.1, -0.05) is 23.8 Å². The van der Waals surface area contributed by atoms with Gasteiger partial charge in [0.25, 0.3) is 5.91 Å². The summed E-state index contributed by atoms with van der Waals surface area (Å²) in [7, 11) is 1.44. The van der Waals surface area contributed by atoms with Gasteiger partial charge in [-0.25, -0.2) is 4.79 Å². The fourth-order valence-electron chi connectivity index (χ4n) is 3.03. The van der Waals surface area contributed by atoms with Crippen LogP contribution in [0.15, 0.2) is 48.0 Å². The number of morpholine rings is 1. The molecule has 0 atom stereocenters. The van der Waals surface area contributed by atoms with E-state index < -0.39 is 5.97 Å². The fourth-order valence-corrected chi connectivity index (χ4v) is 3.03. The van der Waals surface area contributed by atoms with Crippen LogP contribution in [0.25, 0.3) is 6.08 Å². The molecule has 0 bridgehead atoms. The Hall–Kier alpha value is -3.83. The van der Waals surface area contributed by atoms with Gasteiger partial charge < -0.3 is 23.8 Å². The van der Waals surface area contributed by atoms with Crippen molar-refractivity contribution < 1.29 is 28.5 Å². The molecule has 1 aliphatic heterocycles. The van der Waals surface area contributed by atoms with Gasteiger partial charge in [0, 0.05) is 13.1 Å². The number of carbonyl (C=O) groups is 2. The van der Waals surface area contributed by atoms with Gasteiger partial charge in [-0.15, -0.1) is 0 Å². The van der Waals surface area contributed by atoms with E-state index in [1.54, 1.807) is 35.2 Å². The van der Waals surface area contributed by atoms with Crippen LogP contribution >= 0.6 is 0 Å². The van der Waals surface area contributed by atoms with Crippen LogP contribution in [0, 0.1) is 18.3 Å². The van der Waals surface area contributed by atoms with Crippen LogP contribution in [0.3, 0.4) is 0 Å². The first kappa shape index (κ1) is 22.8. The van der Waals surface area contributed by atoms with E-state index in [1.807, 2.05) is 25.1 Å². The van der Waals surface area contributed by atoms with Crippen molar-refractivity contribution in [1.29, 1.82) is 5.26 Å². The van der Waals surface area contributed by atoms with Crippen molar-refractivity contribution in [2.24, 2.45) is 0 Å². The number of nitrogens with zero attached hydrogens (tertiary/aromatic N) is 2. The molecule has 0 N–H and O–H groups in total. The molecular formula is C24H24N2O6. The second-order valence-electron chi connectivity index (χ2n) is 7.06. The smallest absolute Gasteiger partial charge is 0.349 e. The fraction of sp³-hybridized carbons (Fsp3) is 0.292. The summed E-state index contributed by atoms with van der Waals surface area (Å²) < 4.78 is 21.3. The van der Waals surface area contributed by atoms with Crippen LogP contribution in [0.5, 0.6) is 17.2 Å². The Kier molecular flexibility index (Phi) is 7.84. The van der Waals surface area contributed by atoms with Crippen molar-refractivity contribution in [3.8, 4) is 23.3 Å². The lowest BCUT2D eigenvalue weighted by Crippen LogP contribution is -2.41. The monoisotopic (exact) mass is 436 g/mol. The van der Waals surface area contributed by atoms with Gasteiger partial charge in [-0.2, -0.15) is 5.26 Å². The topological polar surface area (TPSA) is 98.1 Å². The predicted molar refractivity (Wildman–Crippen MR) is 116 cm³/mol. The summed E-state index contributed by atoms with van der Waals surface area (Å²) in [6.45, 7) is 3.49. The summed E-state index contributed by atoms with van der Waals surface area (Å²) in [4.78, 5) is 26.3. The number of hydrogen-bond acceptors (Lipinski definition) is 7. The maximum atomic E-state index is 12.6. The van der Waals surface area contributed by atoms with Crippen LogP contribution in [0.4, 0.5) is 0 Å². The molecule has 8 nitrogen and oxygen atoms in total. The molecule has 0 saturated carbocycles. The molecule has 32 heavy (non-hydrogen) atoms. The Morgan fingerprint density at radius 1 is 1.12 bits per heavy atom. The number of rotatable bonds is 7. The first-order valence-corrected chi connectivity index (χ1v) is 10.1. The third-order valence-electron chi connectivity index (χ3n) is 4.75. The zero-order valence-electron chi connectivity index (χ0n) is 18.0. The van der Waals surface area contributed by atoms with Crippen LogP contribution in [-0.2, 0) is 14.3 Å². The van der Waals surface area contributed by atoms with E-state index in [-0.39, 0.29) is 23.8 Å². The molecule has 166 valence electrons. The largest absolute Gasteiger partial charge is 0.493 e. The minimum atomic E-state index is -0.590. The van der Waals surface area contributed by atoms with Crippen LogP contribution < -0.4 is 14.2 Å². The van der Waals surface area contributed by atoms with Crippen LogP contribution in [-0.4, -0.2) is 56.8 Å². The minimum absolute atomic E-state index is 0.00481. The number of carbonyl (C=O) groups excluding carboxylic acids is 2. The molecule has 2 aromatic carbocycles. The van der Waals surface area contributed by atoms with E-state index in [2.05, 4.69) is 0 Å². The number of aryl methyl sites for hydroxylation is 1. The van der Waals surface area contributed by atoms with Crippen LogP contribution in [0.1, 0.15) is 11.1 Å². The van der Waals surface area contributed by atoms with Gasteiger partial charge in [-0.05, 0) is 42.8 Å². The highest BCUT2D eigenvalue weighted by molar-refractivity contribution is 6.01. The number of methoxy groups -OCH3 is 1. The molecule has 8 heteroatoms. The van der Waals surface area contributed by atoms with Crippen molar-refractivity contribution in [1.82, 2.24) is 4.90 Å². The molecule has 1 saturated heterocycles. The van der Waals surface area contributed by atoms with E-state index in [0.717, 1.165) is 5.56 Å². The standard InChI is InChI=1S/C24H24N2O6/c1-17-3-6-20(7-4-17)31-16-23(27)32-21-8-5-18(14-22(21)29-2)13-19(15-25)24(28)26-9-11-30-12-10-26/h3-8,13-14H,9-12,16H2,1-2H3/b19-13+. The zero-order valence-corrected chi connectivity index (χ0v) is 18.0. The highest BCUT2D eigenvalue weighted by atomic mass is 16.6. The van der Waals surface area contributed by atoms with Gasteiger partial charge in [-0.3, -0.25) is 4.79 Å². The SMILES string of the molecule is COc1cc(/C=C(\C#N)C(=O)N2CCOCC2)ccc1OC(=O)COc1ccc(C)cc1. The van der Waals surface area contributed by atoms with Crippen molar-refractivity contribution in [2.75, 3.05) is 40.0 Å². The maximum absolute atomic E-state index is 12.6. The summed E-state index contributed by atoms with van der Waals surface area (Å²) in [5.41, 5.74) is 1.66. The third kappa shape index (κ3) is 6.09. The first-order valence-electron chi connectivity index (χ1n) is 10.1. The number of benzene rings is 2. The zero-order chi connectivity index (χ0) is 22.9. The number of nitriles is 1. The van der Waals surface area contributed by atoms with Crippen molar-refractivity contribution in [3.63, 3.8) is 0 Å². The lowest BCUT2D eigenvalue weighted by molar-refractivity contribution is -0.136. The van der Waals surface area contributed by atoms with Crippen molar-refractivity contribution in [3.05, 3.63) is 59.2 Å². The van der Waals surface area contributed by atoms with E-state index >= 15 is 0 Å². The summed E-state index contributed by atoms with van der Waals surface area (Å²) in [5.74, 6) is 0.124. The Morgan fingerprint density at radius 3 is 2.50 bits per heavy atom. The number of ether oxygens (including phenoxy) is 4. The highest BCUT2D eigenvalue weighted by Gasteiger charge is 2.21. The molecule has 0 radical (unpaired) electrons. The van der Waals surface area contributed by atoms with Crippen molar-refractivity contribution in [2.45, 2.75) is 6.92 Å².